The predicted octanol–water partition coefficient (Wildman–Crippen LogP) is 1.82. The van der Waals surface area contributed by atoms with Crippen molar-refractivity contribution in [2.45, 2.75) is 6.04 Å². The van der Waals surface area contributed by atoms with E-state index in [9.17, 15) is 13.2 Å². The summed E-state index contributed by atoms with van der Waals surface area (Å²) in [6, 6.07) is 5.70. The highest BCUT2D eigenvalue weighted by atomic mass is 35.5. The number of halogens is 1. The lowest BCUT2D eigenvalue weighted by molar-refractivity contribution is -0.139. The lowest BCUT2D eigenvalue weighted by atomic mass is 10.1. The molecule has 2 rings (SSSR count). The van der Waals surface area contributed by atoms with E-state index in [0.29, 0.717) is 16.5 Å². The summed E-state index contributed by atoms with van der Waals surface area (Å²) in [7, 11) is -1.42. The van der Waals surface area contributed by atoms with Crippen molar-refractivity contribution in [3.05, 3.63) is 60.2 Å². The second-order valence-electron chi connectivity index (χ2n) is 5.55. The third kappa shape index (κ3) is 8.72. The molecule has 1 heterocycles. The molecule has 0 aliphatic heterocycles. The third-order valence-electron chi connectivity index (χ3n) is 3.23. The molecular weight excluding hydrogens is 394 g/mol. The Morgan fingerprint density at radius 2 is 2.07 bits per heavy atom. The zero-order chi connectivity index (χ0) is 20.4. The number of rotatable bonds is 8. The molecule has 0 aliphatic rings. The quantitative estimate of drug-likeness (QED) is 0.630. The Labute approximate surface area is 163 Å². The summed E-state index contributed by atoms with van der Waals surface area (Å²) >= 11 is 5.52. The summed E-state index contributed by atoms with van der Waals surface area (Å²) in [4.78, 5) is 14.1. The van der Waals surface area contributed by atoms with Gasteiger partial charge in [-0.25, -0.2) is 18.2 Å². The summed E-state index contributed by atoms with van der Waals surface area (Å²) in [5.74, 6) is -0.965. The maximum atomic E-state index is 11.6. The number of aromatic nitrogens is 2. The number of nitrogens with zero attached hydrogens (tertiary/aromatic N) is 2. The van der Waals surface area contributed by atoms with Gasteiger partial charge in [-0.3, -0.25) is 0 Å². The molecule has 2 aromatic rings. The van der Waals surface area contributed by atoms with Gasteiger partial charge in [0.2, 0.25) is 0 Å². The number of carboxylic acid groups (broad SMARTS) is 1. The second kappa shape index (κ2) is 10.7. The number of aryl methyl sites for hydroxylation is 1. The molecular formula is C17H22ClN3O5S. The average molecular weight is 416 g/mol. The first-order valence-electron chi connectivity index (χ1n) is 7.78. The first-order valence-corrected chi connectivity index (χ1v) is 9.98. The minimum absolute atomic E-state index is 0.111. The lowest BCUT2D eigenvalue weighted by Gasteiger charge is -2.12. The molecule has 0 fully saturated rings. The van der Waals surface area contributed by atoms with Gasteiger partial charge in [0.15, 0.2) is 16.4 Å². The highest BCUT2D eigenvalue weighted by Gasteiger charge is 2.16. The molecule has 3 N–H and O–H groups in total. The van der Waals surface area contributed by atoms with E-state index in [2.05, 4.69) is 11.6 Å². The van der Waals surface area contributed by atoms with E-state index in [4.69, 9.17) is 27.2 Å². The Hall–Kier alpha value is -2.36. The molecule has 0 saturated heterocycles. The van der Waals surface area contributed by atoms with E-state index >= 15 is 0 Å². The number of sulfone groups is 1. The molecule has 148 valence electrons. The Balaban J connectivity index is 0.000000433. The highest BCUT2D eigenvalue weighted by molar-refractivity contribution is 7.91. The second-order valence-corrected chi connectivity index (χ2v) is 8.09. The van der Waals surface area contributed by atoms with Crippen molar-refractivity contribution in [1.29, 1.82) is 0 Å². The van der Waals surface area contributed by atoms with Crippen LogP contribution in [-0.4, -0.2) is 47.2 Å². The topological polar surface area (TPSA) is 125 Å². The molecule has 0 radical (unpaired) electrons. The molecule has 1 aromatic carbocycles. The fourth-order valence-electron chi connectivity index (χ4n) is 1.91. The lowest BCUT2D eigenvalue weighted by Crippen LogP contribution is -2.23. The maximum Gasteiger partial charge on any atom is 0.341 e. The molecule has 8 nitrogen and oxygen atoms in total. The van der Waals surface area contributed by atoms with E-state index < -0.39 is 28.5 Å². The fraction of sp³-hybridized carbons (Fsp3) is 0.294. The minimum Gasteiger partial charge on any atom is -0.482 e. The predicted molar refractivity (Wildman–Crippen MR) is 104 cm³/mol. The van der Waals surface area contributed by atoms with Crippen molar-refractivity contribution >= 4 is 27.4 Å². The number of carbonyl (C=O) groups is 1. The largest absolute Gasteiger partial charge is 0.482 e. The van der Waals surface area contributed by atoms with E-state index in [1.807, 2.05) is 7.05 Å². The van der Waals surface area contributed by atoms with Gasteiger partial charge in [-0.05, 0) is 17.7 Å². The van der Waals surface area contributed by atoms with E-state index in [1.54, 1.807) is 41.4 Å². The van der Waals surface area contributed by atoms with Gasteiger partial charge in [0.25, 0.3) is 0 Å². The van der Waals surface area contributed by atoms with Gasteiger partial charge in [-0.1, -0.05) is 29.8 Å². The van der Waals surface area contributed by atoms with Crippen LogP contribution in [0.15, 0.2) is 49.4 Å². The Bertz CT molecular complexity index is 833. The summed E-state index contributed by atoms with van der Waals surface area (Å²) in [6.45, 7) is 2.96. The van der Waals surface area contributed by atoms with E-state index in [-0.39, 0.29) is 11.5 Å². The molecule has 27 heavy (non-hydrogen) atoms. The molecule has 10 heteroatoms. The molecule has 0 spiro atoms. The van der Waals surface area contributed by atoms with Gasteiger partial charge in [0.1, 0.15) is 10.9 Å². The minimum atomic E-state index is -3.26. The van der Waals surface area contributed by atoms with Crippen LogP contribution in [-0.2, 0) is 21.7 Å². The van der Waals surface area contributed by atoms with E-state index in [1.165, 1.54) is 6.08 Å². The number of hydrogen-bond acceptors (Lipinski definition) is 6. The van der Waals surface area contributed by atoms with Gasteiger partial charge in [-0.2, -0.15) is 0 Å². The van der Waals surface area contributed by atoms with Crippen molar-refractivity contribution < 1.29 is 23.1 Å². The van der Waals surface area contributed by atoms with Crippen LogP contribution >= 0.6 is 11.6 Å². The normalized spacial score (nSPS) is 11.8. The van der Waals surface area contributed by atoms with Crippen LogP contribution in [0, 0.1) is 0 Å². The van der Waals surface area contributed by atoms with Crippen LogP contribution in [0.4, 0.5) is 0 Å². The first-order chi connectivity index (χ1) is 12.6. The summed E-state index contributed by atoms with van der Waals surface area (Å²) in [5, 5.41) is 9.14. The monoisotopic (exact) mass is 415 g/mol. The molecule has 0 saturated carbocycles. The van der Waals surface area contributed by atoms with Gasteiger partial charge in [-0.15, -0.1) is 6.58 Å². The zero-order valence-corrected chi connectivity index (χ0v) is 16.4. The smallest absolute Gasteiger partial charge is 0.341 e. The number of nitrogens with two attached hydrogens (primary N) is 1. The standard InChI is InChI=1S/C13H17NO5S.C4H5ClN2/c1-2-7-20(17,18)9-12(14)10-3-5-11(6-4-10)19-8-13(15)16;1-7-3-6-2-4(7)5/h2-6,12H,1,7-9,14H2,(H,15,16);2-3H,1H3. The van der Waals surface area contributed by atoms with Gasteiger partial charge in [0.05, 0.1) is 24.0 Å². The third-order valence-corrected chi connectivity index (χ3v) is 5.21. The molecule has 0 amide bonds. The SMILES string of the molecule is C=CCS(=O)(=O)CC(N)c1ccc(OCC(=O)O)cc1.Cn1cncc1Cl. The van der Waals surface area contributed by atoms with Crippen LogP contribution in [0.3, 0.4) is 0 Å². The molecule has 0 bridgehead atoms. The molecule has 0 aliphatic carbocycles. The van der Waals surface area contributed by atoms with Crippen LogP contribution in [0.25, 0.3) is 0 Å². The van der Waals surface area contributed by atoms with Crippen molar-refractivity contribution in [3.8, 4) is 5.75 Å². The molecule has 1 atom stereocenters. The number of imidazole rings is 1. The summed E-state index contributed by atoms with van der Waals surface area (Å²) in [5.41, 5.74) is 6.47. The van der Waals surface area contributed by atoms with Gasteiger partial charge >= 0.3 is 5.97 Å². The van der Waals surface area contributed by atoms with Crippen molar-refractivity contribution in [2.75, 3.05) is 18.1 Å². The van der Waals surface area contributed by atoms with Gasteiger partial charge in [0, 0.05) is 13.1 Å². The van der Waals surface area contributed by atoms with Crippen LogP contribution in [0.5, 0.6) is 5.75 Å². The Kier molecular flexibility index (Phi) is 8.99. The first kappa shape index (κ1) is 22.7. The summed E-state index contributed by atoms with van der Waals surface area (Å²) in [6.07, 6.45) is 4.58. The Morgan fingerprint density at radius 1 is 1.44 bits per heavy atom. The number of benzene rings is 1. The van der Waals surface area contributed by atoms with Crippen LogP contribution < -0.4 is 10.5 Å². The van der Waals surface area contributed by atoms with Crippen LogP contribution in [0.2, 0.25) is 5.15 Å². The number of aliphatic carboxylic acids is 1. The Morgan fingerprint density at radius 3 is 2.48 bits per heavy atom. The molecule has 1 unspecified atom stereocenters. The van der Waals surface area contributed by atoms with Crippen LogP contribution in [0.1, 0.15) is 11.6 Å². The summed E-state index contributed by atoms with van der Waals surface area (Å²) < 4.78 is 29.9. The number of ether oxygens (including phenoxy) is 1. The average Bonchev–Trinajstić information content (AvgIpc) is 2.96. The van der Waals surface area contributed by atoms with Gasteiger partial charge < -0.3 is 20.1 Å². The fourth-order valence-corrected chi connectivity index (χ4v) is 3.25. The number of hydrogen-bond donors (Lipinski definition) is 2. The van der Waals surface area contributed by atoms with Crippen molar-refractivity contribution in [1.82, 2.24) is 9.55 Å². The zero-order valence-electron chi connectivity index (χ0n) is 14.8. The van der Waals surface area contributed by atoms with Crippen molar-refractivity contribution in [3.63, 3.8) is 0 Å². The van der Waals surface area contributed by atoms with Crippen molar-refractivity contribution in [2.24, 2.45) is 12.8 Å². The highest BCUT2D eigenvalue weighted by Crippen LogP contribution is 2.18. The van der Waals surface area contributed by atoms with E-state index in [0.717, 1.165) is 0 Å². The maximum absolute atomic E-state index is 11.6. The molecule has 1 aromatic heterocycles. The number of carboxylic acids is 1.